The van der Waals surface area contributed by atoms with Crippen molar-refractivity contribution >= 4 is 11.6 Å². The molecule has 0 spiro atoms. The molecule has 0 unspecified atom stereocenters. The van der Waals surface area contributed by atoms with E-state index < -0.39 is 0 Å². The lowest BCUT2D eigenvalue weighted by molar-refractivity contribution is -0.125. The van der Waals surface area contributed by atoms with E-state index in [1.54, 1.807) is 18.9 Å². The van der Waals surface area contributed by atoms with Gasteiger partial charge < -0.3 is 9.64 Å². The average Bonchev–Trinajstić information content (AvgIpc) is 2.15. The van der Waals surface area contributed by atoms with E-state index in [-0.39, 0.29) is 12.0 Å². The van der Waals surface area contributed by atoms with Crippen LogP contribution in [-0.4, -0.2) is 19.1 Å². The SMILES string of the molecule is C[C@@H]1Oc2ccccc2N(C)C1=O. The van der Waals surface area contributed by atoms with Crippen LogP contribution in [0.25, 0.3) is 0 Å². The quantitative estimate of drug-likeness (QED) is 0.600. The maximum Gasteiger partial charge on any atom is 0.267 e. The van der Waals surface area contributed by atoms with Crippen molar-refractivity contribution in [2.75, 3.05) is 11.9 Å². The number of anilines is 1. The Balaban J connectivity index is 2.49. The first-order valence-electron chi connectivity index (χ1n) is 4.23. The summed E-state index contributed by atoms with van der Waals surface area (Å²) in [5, 5.41) is 0. The lowest BCUT2D eigenvalue weighted by Gasteiger charge is -2.29. The summed E-state index contributed by atoms with van der Waals surface area (Å²) in [7, 11) is 1.76. The predicted molar refractivity (Wildman–Crippen MR) is 49.9 cm³/mol. The van der Waals surface area contributed by atoms with Crippen LogP contribution in [0.15, 0.2) is 24.3 Å². The number of hydrogen-bond donors (Lipinski definition) is 0. The summed E-state index contributed by atoms with van der Waals surface area (Å²) in [5.74, 6) is 0.774. The molecule has 3 heteroatoms. The van der Waals surface area contributed by atoms with E-state index in [0.29, 0.717) is 0 Å². The molecule has 3 nitrogen and oxygen atoms in total. The molecule has 0 N–H and O–H groups in total. The number of likely N-dealkylation sites (N-methyl/N-ethyl adjacent to an activating group) is 1. The minimum Gasteiger partial charge on any atom is -0.479 e. The molecule has 1 aromatic carbocycles. The lowest BCUT2D eigenvalue weighted by Crippen LogP contribution is -2.41. The number of benzene rings is 1. The van der Waals surface area contributed by atoms with Crippen LogP contribution in [0.3, 0.4) is 0 Å². The third kappa shape index (κ3) is 1.16. The van der Waals surface area contributed by atoms with Crippen LogP contribution in [0.4, 0.5) is 5.69 Å². The molecule has 0 saturated carbocycles. The van der Waals surface area contributed by atoms with Gasteiger partial charge in [0.2, 0.25) is 0 Å². The van der Waals surface area contributed by atoms with Crippen molar-refractivity contribution in [1.29, 1.82) is 0 Å². The van der Waals surface area contributed by atoms with E-state index in [9.17, 15) is 4.79 Å². The van der Waals surface area contributed by atoms with Gasteiger partial charge in [-0.1, -0.05) is 12.1 Å². The Morgan fingerprint density at radius 1 is 1.38 bits per heavy atom. The number of fused-ring (bicyclic) bond motifs is 1. The number of amides is 1. The Kier molecular flexibility index (Phi) is 1.72. The Bertz CT molecular complexity index is 349. The van der Waals surface area contributed by atoms with Gasteiger partial charge in [0.15, 0.2) is 6.10 Å². The molecule has 1 aliphatic heterocycles. The van der Waals surface area contributed by atoms with Gasteiger partial charge in [-0.25, -0.2) is 0 Å². The van der Waals surface area contributed by atoms with E-state index in [4.69, 9.17) is 4.74 Å². The van der Waals surface area contributed by atoms with Gasteiger partial charge in [0.25, 0.3) is 5.91 Å². The van der Waals surface area contributed by atoms with Crippen molar-refractivity contribution in [3.63, 3.8) is 0 Å². The molecular formula is C10H11NO2. The number of nitrogens with zero attached hydrogens (tertiary/aromatic N) is 1. The van der Waals surface area contributed by atoms with Crippen molar-refractivity contribution < 1.29 is 9.53 Å². The van der Waals surface area contributed by atoms with Crippen molar-refractivity contribution in [3.05, 3.63) is 24.3 Å². The van der Waals surface area contributed by atoms with E-state index in [1.807, 2.05) is 24.3 Å². The fourth-order valence-electron chi connectivity index (χ4n) is 1.47. The molecule has 1 amide bonds. The molecule has 0 aliphatic carbocycles. The van der Waals surface area contributed by atoms with Crippen LogP contribution >= 0.6 is 0 Å². The van der Waals surface area contributed by atoms with Crippen LogP contribution in [0.5, 0.6) is 5.75 Å². The average molecular weight is 177 g/mol. The van der Waals surface area contributed by atoms with Gasteiger partial charge in [0, 0.05) is 7.05 Å². The zero-order valence-electron chi connectivity index (χ0n) is 7.65. The molecular weight excluding hydrogens is 166 g/mol. The molecule has 0 saturated heterocycles. The van der Waals surface area contributed by atoms with Gasteiger partial charge in [-0.3, -0.25) is 4.79 Å². The summed E-state index contributed by atoms with van der Waals surface area (Å²) < 4.78 is 5.42. The van der Waals surface area contributed by atoms with Gasteiger partial charge in [-0.15, -0.1) is 0 Å². The van der Waals surface area contributed by atoms with Crippen LogP contribution in [-0.2, 0) is 4.79 Å². The van der Waals surface area contributed by atoms with Crippen molar-refractivity contribution in [2.24, 2.45) is 0 Å². The molecule has 1 atom stereocenters. The van der Waals surface area contributed by atoms with E-state index in [2.05, 4.69) is 0 Å². The summed E-state index contributed by atoms with van der Waals surface area (Å²) in [4.78, 5) is 13.1. The highest BCUT2D eigenvalue weighted by molar-refractivity contribution is 5.99. The molecule has 0 radical (unpaired) electrons. The second kappa shape index (κ2) is 2.76. The Morgan fingerprint density at radius 2 is 2.08 bits per heavy atom. The molecule has 1 aliphatic rings. The molecule has 68 valence electrons. The summed E-state index contributed by atoms with van der Waals surface area (Å²) in [5.41, 5.74) is 0.839. The first-order chi connectivity index (χ1) is 6.20. The fourth-order valence-corrected chi connectivity index (χ4v) is 1.47. The Labute approximate surface area is 76.9 Å². The summed E-state index contributed by atoms with van der Waals surface area (Å²) >= 11 is 0. The van der Waals surface area contributed by atoms with Crippen molar-refractivity contribution in [1.82, 2.24) is 0 Å². The van der Waals surface area contributed by atoms with Crippen molar-refractivity contribution in [2.45, 2.75) is 13.0 Å². The van der Waals surface area contributed by atoms with Gasteiger partial charge in [0.1, 0.15) is 5.75 Å². The summed E-state index contributed by atoms with van der Waals surface area (Å²) in [6.45, 7) is 1.76. The molecule has 0 fully saturated rings. The van der Waals surface area contributed by atoms with Gasteiger partial charge in [-0.05, 0) is 19.1 Å². The highest BCUT2D eigenvalue weighted by Gasteiger charge is 2.27. The smallest absolute Gasteiger partial charge is 0.267 e. The highest BCUT2D eigenvalue weighted by atomic mass is 16.5. The monoisotopic (exact) mass is 177 g/mol. The largest absolute Gasteiger partial charge is 0.479 e. The van der Waals surface area contributed by atoms with Crippen LogP contribution in [0.1, 0.15) is 6.92 Å². The lowest BCUT2D eigenvalue weighted by atomic mass is 10.2. The third-order valence-electron chi connectivity index (χ3n) is 2.21. The third-order valence-corrected chi connectivity index (χ3v) is 2.21. The van der Waals surface area contributed by atoms with Crippen LogP contribution in [0, 0.1) is 0 Å². The predicted octanol–water partition coefficient (Wildman–Crippen LogP) is 1.43. The second-order valence-electron chi connectivity index (χ2n) is 3.13. The first kappa shape index (κ1) is 8.10. The topological polar surface area (TPSA) is 29.5 Å². The first-order valence-corrected chi connectivity index (χ1v) is 4.23. The van der Waals surface area contributed by atoms with E-state index >= 15 is 0 Å². The molecule has 0 aromatic heterocycles. The molecule has 2 rings (SSSR count). The summed E-state index contributed by atoms with van der Waals surface area (Å²) in [6.07, 6.45) is -0.375. The Hall–Kier alpha value is -1.51. The highest BCUT2D eigenvalue weighted by Crippen LogP contribution is 2.32. The van der Waals surface area contributed by atoms with Gasteiger partial charge in [-0.2, -0.15) is 0 Å². The minimum absolute atomic E-state index is 0.00120. The molecule has 0 bridgehead atoms. The molecule has 1 heterocycles. The second-order valence-corrected chi connectivity index (χ2v) is 3.13. The Morgan fingerprint density at radius 3 is 2.85 bits per heavy atom. The molecule has 1 aromatic rings. The number of carbonyl (C=O) groups is 1. The fraction of sp³-hybridized carbons (Fsp3) is 0.300. The van der Waals surface area contributed by atoms with Crippen molar-refractivity contribution in [3.8, 4) is 5.75 Å². The number of rotatable bonds is 0. The number of carbonyl (C=O) groups excluding carboxylic acids is 1. The van der Waals surface area contributed by atoms with Crippen LogP contribution < -0.4 is 9.64 Å². The number of para-hydroxylation sites is 2. The normalized spacial score (nSPS) is 20.9. The zero-order chi connectivity index (χ0) is 9.42. The van der Waals surface area contributed by atoms with E-state index in [1.165, 1.54) is 0 Å². The van der Waals surface area contributed by atoms with Gasteiger partial charge in [0.05, 0.1) is 5.69 Å². The minimum atomic E-state index is -0.375. The van der Waals surface area contributed by atoms with E-state index in [0.717, 1.165) is 11.4 Å². The number of hydrogen-bond acceptors (Lipinski definition) is 2. The van der Waals surface area contributed by atoms with Crippen LogP contribution in [0.2, 0.25) is 0 Å². The standard InChI is InChI=1S/C10H11NO2/c1-7-10(12)11(2)8-5-3-4-6-9(8)13-7/h3-7H,1-2H3/t7-/m0/s1. The molecule has 13 heavy (non-hydrogen) atoms. The van der Waals surface area contributed by atoms with Gasteiger partial charge >= 0.3 is 0 Å². The summed E-state index contributed by atoms with van der Waals surface area (Å²) in [6, 6.07) is 7.53. The zero-order valence-corrected chi connectivity index (χ0v) is 7.65. The number of ether oxygens (including phenoxy) is 1. The maximum atomic E-state index is 11.5. The maximum absolute atomic E-state index is 11.5.